The van der Waals surface area contributed by atoms with Crippen LogP contribution in [0.25, 0.3) is 5.69 Å². The standard InChI is InChI=1S/C13H15N3O2S/c17-19(18,15-9-1-2-10-15)13-6-4-12(5-7-13)16-11-3-8-14-16/h3-8,11H,1-2,9-10H2. The summed E-state index contributed by atoms with van der Waals surface area (Å²) in [6.07, 6.45) is 5.41. The van der Waals surface area contributed by atoms with Gasteiger partial charge in [0.15, 0.2) is 0 Å². The molecule has 0 N–H and O–H groups in total. The summed E-state index contributed by atoms with van der Waals surface area (Å²) in [7, 11) is -3.32. The summed E-state index contributed by atoms with van der Waals surface area (Å²) in [4.78, 5) is 0.352. The SMILES string of the molecule is O=S(=O)(c1ccc(-n2cccn2)cc1)N1CCCC1. The van der Waals surface area contributed by atoms with Gasteiger partial charge in [0.25, 0.3) is 0 Å². The fraction of sp³-hybridized carbons (Fsp3) is 0.308. The topological polar surface area (TPSA) is 55.2 Å². The van der Waals surface area contributed by atoms with Gasteiger partial charge in [0.05, 0.1) is 10.6 Å². The Morgan fingerprint density at radius 3 is 2.32 bits per heavy atom. The van der Waals surface area contributed by atoms with Crippen LogP contribution in [0.2, 0.25) is 0 Å². The molecule has 0 radical (unpaired) electrons. The van der Waals surface area contributed by atoms with E-state index in [4.69, 9.17) is 0 Å². The van der Waals surface area contributed by atoms with Crippen molar-refractivity contribution in [2.24, 2.45) is 0 Å². The van der Waals surface area contributed by atoms with E-state index in [1.807, 2.05) is 12.3 Å². The molecule has 19 heavy (non-hydrogen) atoms. The summed E-state index contributed by atoms with van der Waals surface area (Å²) < 4.78 is 27.9. The van der Waals surface area contributed by atoms with Crippen molar-refractivity contribution in [3.05, 3.63) is 42.7 Å². The van der Waals surface area contributed by atoms with E-state index in [9.17, 15) is 8.42 Å². The Balaban J connectivity index is 1.90. The van der Waals surface area contributed by atoms with Crippen LogP contribution >= 0.6 is 0 Å². The lowest BCUT2D eigenvalue weighted by atomic mass is 10.3. The lowest BCUT2D eigenvalue weighted by Gasteiger charge is -2.15. The molecule has 0 amide bonds. The van der Waals surface area contributed by atoms with Gasteiger partial charge in [0, 0.05) is 25.5 Å². The van der Waals surface area contributed by atoms with E-state index in [1.54, 1.807) is 39.4 Å². The summed E-state index contributed by atoms with van der Waals surface area (Å²) in [5.74, 6) is 0. The van der Waals surface area contributed by atoms with Gasteiger partial charge in [0.1, 0.15) is 0 Å². The smallest absolute Gasteiger partial charge is 0.241 e. The van der Waals surface area contributed by atoms with Crippen molar-refractivity contribution >= 4 is 10.0 Å². The summed E-state index contributed by atoms with van der Waals surface area (Å²) in [5.41, 5.74) is 0.852. The Bertz CT molecular complexity index is 642. The third-order valence-electron chi connectivity index (χ3n) is 3.31. The second kappa shape index (κ2) is 4.79. The van der Waals surface area contributed by atoms with Crippen LogP contribution in [0, 0.1) is 0 Å². The predicted octanol–water partition coefficient (Wildman–Crippen LogP) is 1.66. The molecule has 0 bridgehead atoms. The maximum Gasteiger partial charge on any atom is 0.243 e. The molecule has 3 rings (SSSR count). The van der Waals surface area contributed by atoms with Crippen molar-refractivity contribution < 1.29 is 8.42 Å². The van der Waals surface area contributed by atoms with Crippen LogP contribution in [0.15, 0.2) is 47.6 Å². The van der Waals surface area contributed by atoms with Crippen LogP contribution in [-0.2, 0) is 10.0 Å². The highest BCUT2D eigenvalue weighted by molar-refractivity contribution is 7.89. The van der Waals surface area contributed by atoms with Crippen molar-refractivity contribution in [3.8, 4) is 5.69 Å². The maximum atomic E-state index is 12.3. The lowest BCUT2D eigenvalue weighted by Crippen LogP contribution is -2.27. The van der Waals surface area contributed by atoms with E-state index in [1.165, 1.54) is 0 Å². The highest BCUT2D eigenvalue weighted by Crippen LogP contribution is 2.21. The van der Waals surface area contributed by atoms with Crippen LogP contribution in [0.5, 0.6) is 0 Å². The quantitative estimate of drug-likeness (QED) is 0.857. The maximum absolute atomic E-state index is 12.3. The monoisotopic (exact) mass is 277 g/mol. The number of rotatable bonds is 3. The molecule has 0 aliphatic carbocycles. The molecule has 1 aliphatic heterocycles. The van der Waals surface area contributed by atoms with Crippen molar-refractivity contribution in [2.75, 3.05) is 13.1 Å². The van der Waals surface area contributed by atoms with Gasteiger partial charge in [-0.1, -0.05) is 0 Å². The van der Waals surface area contributed by atoms with Gasteiger partial charge in [0.2, 0.25) is 10.0 Å². The Morgan fingerprint density at radius 2 is 1.74 bits per heavy atom. The molecule has 100 valence electrons. The number of benzene rings is 1. The van der Waals surface area contributed by atoms with E-state index < -0.39 is 10.0 Å². The first-order valence-electron chi connectivity index (χ1n) is 6.28. The Kier molecular flexibility index (Phi) is 3.12. The summed E-state index contributed by atoms with van der Waals surface area (Å²) in [6, 6.07) is 8.66. The van der Waals surface area contributed by atoms with Crippen LogP contribution in [0.3, 0.4) is 0 Å². The first kappa shape index (κ1) is 12.4. The highest BCUT2D eigenvalue weighted by Gasteiger charge is 2.26. The average molecular weight is 277 g/mol. The molecule has 5 nitrogen and oxygen atoms in total. The zero-order valence-electron chi connectivity index (χ0n) is 10.4. The third-order valence-corrected chi connectivity index (χ3v) is 5.22. The summed E-state index contributed by atoms with van der Waals surface area (Å²) >= 11 is 0. The van der Waals surface area contributed by atoms with E-state index in [-0.39, 0.29) is 0 Å². The normalized spacial score (nSPS) is 16.8. The van der Waals surface area contributed by atoms with Crippen molar-refractivity contribution in [1.29, 1.82) is 0 Å². The van der Waals surface area contributed by atoms with Crippen molar-refractivity contribution in [1.82, 2.24) is 14.1 Å². The minimum Gasteiger partial charge on any atom is -0.241 e. The second-order valence-electron chi connectivity index (χ2n) is 4.56. The zero-order valence-corrected chi connectivity index (χ0v) is 11.3. The van der Waals surface area contributed by atoms with Crippen LogP contribution in [0.4, 0.5) is 0 Å². The van der Waals surface area contributed by atoms with Gasteiger partial charge in [-0.2, -0.15) is 9.40 Å². The summed E-state index contributed by atoms with van der Waals surface area (Å²) in [5, 5.41) is 4.11. The molecule has 0 saturated carbocycles. The van der Waals surface area contributed by atoms with Crippen molar-refractivity contribution in [3.63, 3.8) is 0 Å². The number of hydrogen-bond acceptors (Lipinski definition) is 3. The first-order valence-corrected chi connectivity index (χ1v) is 7.72. The molecular formula is C13H15N3O2S. The molecule has 0 atom stereocenters. The highest BCUT2D eigenvalue weighted by atomic mass is 32.2. The van der Waals surface area contributed by atoms with Gasteiger partial charge >= 0.3 is 0 Å². The number of sulfonamides is 1. The first-order chi connectivity index (χ1) is 9.18. The minimum atomic E-state index is -3.32. The molecule has 2 heterocycles. The number of nitrogens with zero attached hydrogens (tertiary/aromatic N) is 3. The molecular weight excluding hydrogens is 262 g/mol. The minimum absolute atomic E-state index is 0.352. The van der Waals surface area contributed by atoms with E-state index in [0.29, 0.717) is 18.0 Å². The molecule has 1 saturated heterocycles. The lowest BCUT2D eigenvalue weighted by molar-refractivity contribution is 0.477. The Morgan fingerprint density at radius 1 is 1.05 bits per heavy atom. The number of hydrogen-bond donors (Lipinski definition) is 0. The zero-order chi connectivity index (χ0) is 13.3. The van der Waals surface area contributed by atoms with Crippen LogP contribution < -0.4 is 0 Å². The molecule has 1 fully saturated rings. The molecule has 1 aromatic carbocycles. The van der Waals surface area contributed by atoms with Crippen LogP contribution in [0.1, 0.15) is 12.8 Å². The molecule has 1 aliphatic rings. The van der Waals surface area contributed by atoms with Gasteiger partial charge in [-0.25, -0.2) is 13.1 Å². The summed E-state index contributed by atoms with van der Waals surface area (Å²) in [6.45, 7) is 1.26. The second-order valence-corrected chi connectivity index (χ2v) is 6.49. The predicted molar refractivity (Wildman–Crippen MR) is 71.6 cm³/mol. The molecule has 0 unspecified atom stereocenters. The molecule has 1 aromatic heterocycles. The molecule has 0 spiro atoms. The van der Waals surface area contributed by atoms with E-state index in [2.05, 4.69) is 5.10 Å². The van der Waals surface area contributed by atoms with Gasteiger partial charge < -0.3 is 0 Å². The average Bonchev–Trinajstić information content (AvgIpc) is 3.12. The van der Waals surface area contributed by atoms with Crippen molar-refractivity contribution in [2.45, 2.75) is 17.7 Å². The van der Waals surface area contributed by atoms with Crippen LogP contribution in [-0.4, -0.2) is 35.6 Å². The van der Waals surface area contributed by atoms with E-state index >= 15 is 0 Å². The van der Waals surface area contributed by atoms with Gasteiger partial charge in [-0.05, 0) is 43.2 Å². The van der Waals surface area contributed by atoms with Gasteiger partial charge in [-0.3, -0.25) is 0 Å². The fourth-order valence-electron chi connectivity index (χ4n) is 2.27. The Hall–Kier alpha value is -1.66. The number of aromatic nitrogens is 2. The fourth-order valence-corrected chi connectivity index (χ4v) is 3.79. The third kappa shape index (κ3) is 2.29. The van der Waals surface area contributed by atoms with E-state index in [0.717, 1.165) is 18.5 Å². The van der Waals surface area contributed by atoms with Gasteiger partial charge in [-0.15, -0.1) is 0 Å². The Labute approximate surface area is 112 Å². The largest absolute Gasteiger partial charge is 0.243 e. The molecule has 2 aromatic rings. The molecule has 6 heteroatoms.